The first kappa shape index (κ1) is 11.9. The lowest BCUT2D eigenvalue weighted by molar-refractivity contribution is 0.0458. The van der Waals surface area contributed by atoms with E-state index in [0.717, 1.165) is 5.56 Å². The molecule has 0 radical (unpaired) electrons. The van der Waals surface area contributed by atoms with Gasteiger partial charge >= 0.3 is 5.97 Å². The molecule has 0 amide bonds. The van der Waals surface area contributed by atoms with Crippen molar-refractivity contribution in [2.45, 2.75) is 6.61 Å². The summed E-state index contributed by atoms with van der Waals surface area (Å²) in [6, 6.07) is 9.30. The van der Waals surface area contributed by atoms with Gasteiger partial charge in [-0.15, -0.1) is 0 Å². The van der Waals surface area contributed by atoms with E-state index in [1.807, 2.05) is 30.3 Å². The molecule has 0 aliphatic heterocycles. The van der Waals surface area contributed by atoms with Crippen molar-refractivity contribution >= 4 is 12.3 Å². The lowest BCUT2D eigenvalue weighted by Crippen LogP contribution is -2.10. The van der Waals surface area contributed by atoms with Gasteiger partial charge in [0.15, 0.2) is 6.29 Å². The molecule has 2 aromatic rings. The molecule has 2 rings (SSSR count). The van der Waals surface area contributed by atoms with Gasteiger partial charge in [-0.1, -0.05) is 30.3 Å². The van der Waals surface area contributed by atoms with E-state index in [4.69, 9.17) is 4.74 Å². The normalized spacial score (nSPS) is 9.78. The third-order valence-electron chi connectivity index (χ3n) is 2.20. The van der Waals surface area contributed by atoms with E-state index in [2.05, 4.69) is 9.97 Å². The van der Waals surface area contributed by atoms with Crippen molar-refractivity contribution in [3.63, 3.8) is 0 Å². The van der Waals surface area contributed by atoms with E-state index >= 15 is 0 Å². The minimum atomic E-state index is -0.615. The van der Waals surface area contributed by atoms with Gasteiger partial charge in [-0.05, 0) is 5.56 Å². The summed E-state index contributed by atoms with van der Waals surface area (Å²) in [7, 11) is 0. The number of aldehydes is 1. The minimum absolute atomic E-state index is 0.0588. The van der Waals surface area contributed by atoms with Crippen LogP contribution in [0.3, 0.4) is 0 Å². The zero-order valence-corrected chi connectivity index (χ0v) is 9.45. The maximum Gasteiger partial charge on any atom is 0.376 e. The van der Waals surface area contributed by atoms with Crippen LogP contribution >= 0.6 is 0 Å². The van der Waals surface area contributed by atoms with Gasteiger partial charge in [-0.25, -0.2) is 14.8 Å². The molecule has 0 aliphatic carbocycles. The van der Waals surface area contributed by atoms with Crippen LogP contribution in [0.15, 0.2) is 42.7 Å². The Hall–Kier alpha value is -2.56. The molecule has 0 atom stereocenters. The predicted octanol–water partition coefficient (Wildman–Crippen LogP) is 1.65. The van der Waals surface area contributed by atoms with Crippen LogP contribution in [-0.2, 0) is 11.3 Å². The zero-order valence-electron chi connectivity index (χ0n) is 9.45. The van der Waals surface area contributed by atoms with Crippen LogP contribution in [0.5, 0.6) is 0 Å². The Morgan fingerprint density at radius 1 is 1.17 bits per heavy atom. The van der Waals surface area contributed by atoms with E-state index in [1.54, 1.807) is 0 Å². The number of benzene rings is 1. The van der Waals surface area contributed by atoms with Crippen LogP contribution in [0.25, 0.3) is 0 Å². The molecule has 90 valence electrons. The highest BCUT2D eigenvalue weighted by Crippen LogP contribution is 2.03. The van der Waals surface area contributed by atoms with Crippen LogP contribution in [0.2, 0.25) is 0 Å². The molecule has 1 aromatic carbocycles. The van der Waals surface area contributed by atoms with E-state index in [1.165, 1.54) is 12.4 Å². The summed E-state index contributed by atoms with van der Waals surface area (Å²) in [6.07, 6.45) is 3.16. The summed E-state index contributed by atoms with van der Waals surface area (Å²) in [5.41, 5.74) is 1.20. The summed E-state index contributed by atoms with van der Waals surface area (Å²) in [5, 5.41) is 0. The monoisotopic (exact) mass is 242 g/mol. The van der Waals surface area contributed by atoms with Gasteiger partial charge in [-0.3, -0.25) is 4.79 Å². The highest BCUT2D eigenvalue weighted by atomic mass is 16.5. The minimum Gasteiger partial charge on any atom is -0.455 e. The number of esters is 1. The van der Waals surface area contributed by atoms with Crippen LogP contribution in [0.4, 0.5) is 0 Å². The van der Waals surface area contributed by atoms with Crippen molar-refractivity contribution in [3.8, 4) is 0 Å². The fraction of sp³-hybridized carbons (Fsp3) is 0.0769. The number of ether oxygens (including phenoxy) is 1. The number of aromatic nitrogens is 2. The fourth-order valence-electron chi connectivity index (χ4n) is 1.29. The molecule has 0 spiro atoms. The van der Waals surface area contributed by atoms with Gasteiger partial charge in [0.2, 0.25) is 5.82 Å². The van der Waals surface area contributed by atoms with Crippen molar-refractivity contribution in [3.05, 3.63) is 59.7 Å². The molecule has 0 bridgehead atoms. The first-order chi connectivity index (χ1) is 8.79. The molecule has 0 saturated carbocycles. The predicted molar refractivity (Wildman–Crippen MR) is 63.0 cm³/mol. The second-order valence-corrected chi connectivity index (χ2v) is 3.52. The van der Waals surface area contributed by atoms with Crippen LogP contribution in [0, 0.1) is 0 Å². The van der Waals surface area contributed by atoms with Gasteiger partial charge in [0.1, 0.15) is 6.61 Å². The summed E-state index contributed by atoms with van der Waals surface area (Å²) in [4.78, 5) is 29.5. The molecular formula is C13H10N2O3. The fourth-order valence-corrected chi connectivity index (χ4v) is 1.29. The van der Waals surface area contributed by atoms with Gasteiger partial charge in [0.05, 0.1) is 5.56 Å². The lowest BCUT2D eigenvalue weighted by Gasteiger charge is -2.03. The quantitative estimate of drug-likeness (QED) is 0.602. The van der Waals surface area contributed by atoms with Crippen LogP contribution < -0.4 is 0 Å². The topological polar surface area (TPSA) is 69.2 Å². The number of hydrogen-bond acceptors (Lipinski definition) is 5. The van der Waals surface area contributed by atoms with Crippen LogP contribution in [-0.4, -0.2) is 22.2 Å². The molecule has 5 nitrogen and oxygen atoms in total. The van der Waals surface area contributed by atoms with E-state index in [-0.39, 0.29) is 12.4 Å². The van der Waals surface area contributed by atoms with Crippen molar-refractivity contribution in [2.75, 3.05) is 0 Å². The average Bonchev–Trinajstić information content (AvgIpc) is 2.46. The second-order valence-electron chi connectivity index (χ2n) is 3.52. The molecule has 1 heterocycles. The Kier molecular flexibility index (Phi) is 3.76. The Labute approximate surface area is 103 Å². The molecule has 0 fully saturated rings. The molecule has 1 aromatic heterocycles. The molecule has 0 saturated heterocycles. The maximum absolute atomic E-state index is 11.6. The highest BCUT2D eigenvalue weighted by Gasteiger charge is 2.10. The number of nitrogens with zero attached hydrogens (tertiary/aromatic N) is 2. The molecule has 0 unspecified atom stereocenters. The van der Waals surface area contributed by atoms with Crippen molar-refractivity contribution in [2.24, 2.45) is 0 Å². The lowest BCUT2D eigenvalue weighted by atomic mass is 10.2. The second kappa shape index (κ2) is 5.67. The third-order valence-corrected chi connectivity index (χ3v) is 2.20. The summed E-state index contributed by atoms with van der Waals surface area (Å²) >= 11 is 0. The molecule has 5 heteroatoms. The van der Waals surface area contributed by atoms with Crippen molar-refractivity contribution in [1.29, 1.82) is 0 Å². The van der Waals surface area contributed by atoms with Crippen molar-refractivity contribution < 1.29 is 14.3 Å². The standard InChI is InChI=1S/C13H10N2O3/c16-8-11-6-14-12(15-7-11)13(17)18-9-10-4-2-1-3-5-10/h1-8H,9H2. The van der Waals surface area contributed by atoms with E-state index in [9.17, 15) is 9.59 Å². The summed E-state index contributed by atoms with van der Waals surface area (Å²) in [6.45, 7) is 0.165. The smallest absolute Gasteiger partial charge is 0.376 e. The summed E-state index contributed by atoms with van der Waals surface area (Å²) in [5.74, 6) is -0.673. The molecule has 0 aliphatic rings. The Morgan fingerprint density at radius 2 is 1.83 bits per heavy atom. The van der Waals surface area contributed by atoms with Crippen LogP contribution in [0.1, 0.15) is 26.5 Å². The van der Waals surface area contributed by atoms with Crippen molar-refractivity contribution in [1.82, 2.24) is 9.97 Å². The van der Waals surface area contributed by atoms with E-state index in [0.29, 0.717) is 11.8 Å². The number of hydrogen-bond donors (Lipinski definition) is 0. The van der Waals surface area contributed by atoms with Gasteiger partial charge in [0, 0.05) is 12.4 Å². The first-order valence-corrected chi connectivity index (χ1v) is 5.28. The number of carbonyl (C=O) groups excluding carboxylic acids is 2. The van der Waals surface area contributed by atoms with Gasteiger partial charge in [-0.2, -0.15) is 0 Å². The molecule has 0 N–H and O–H groups in total. The SMILES string of the molecule is O=Cc1cnc(C(=O)OCc2ccccc2)nc1. The first-order valence-electron chi connectivity index (χ1n) is 5.28. The maximum atomic E-state index is 11.6. The molecular weight excluding hydrogens is 232 g/mol. The molecule has 18 heavy (non-hydrogen) atoms. The Bertz CT molecular complexity index is 538. The Morgan fingerprint density at radius 3 is 2.44 bits per heavy atom. The number of rotatable bonds is 4. The average molecular weight is 242 g/mol. The van der Waals surface area contributed by atoms with E-state index < -0.39 is 5.97 Å². The largest absolute Gasteiger partial charge is 0.455 e. The third kappa shape index (κ3) is 2.98. The zero-order chi connectivity index (χ0) is 12.8. The van der Waals surface area contributed by atoms with Gasteiger partial charge in [0.25, 0.3) is 0 Å². The Balaban J connectivity index is 1.97. The highest BCUT2D eigenvalue weighted by molar-refractivity contribution is 5.85. The number of carbonyl (C=O) groups is 2. The summed E-state index contributed by atoms with van der Waals surface area (Å²) < 4.78 is 5.04. The van der Waals surface area contributed by atoms with Gasteiger partial charge < -0.3 is 4.74 Å².